The molecule has 0 unspecified atom stereocenters. The molecule has 0 rings (SSSR count). The molecule has 7 heteroatoms. The Balaban J connectivity index is 0. The molecule has 0 atom stereocenters. The molecule has 0 aliphatic rings. The summed E-state index contributed by atoms with van der Waals surface area (Å²) in [5, 5.41) is 7.19. The van der Waals surface area contributed by atoms with E-state index in [2.05, 4.69) is 5.73 Å². The van der Waals surface area contributed by atoms with Gasteiger partial charge in [-0.25, -0.2) is 13.2 Å². The molecule has 5 nitrogen and oxygen atoms in total. The Morgan fingerprint density at radius 1 is 1.64 bits per heavy atom. The molecule has 0 saturated heterocycles. The van der Waals surface area contributed by atoms with E-state index in [0.29, 0.717) is 6.42 Å². The van der Waals surface area contributed by atoms with Crippen LogP contribution in [0.3, 0.4) is 0 Å². The summed E-state index contributed by atoms with van der Waals surface area (Å²) in [7, 11) is 1.60. The second-order valence-corrected chi connectivity index (χ2v) is 4.48. The molecule has 0 aliphatic carbocycles. The third-order valence-electron chi connectivity index (χ3n) is 0.448. The molecule has 0 aliphatic heterocycles. The zero-order valence-electron chi connectivity index (χ0n) is 5.95. The van der Waals surface area contributed by atoms with Gasteiger partial charge in [-0.05, 0) is 6.42 Å². The van der Waals surface area contributed by atoms with Crippen molar-refractivity contribution in [2.45, 2.75) is 13.3 Å². The Hall–Kier alpha value is -0.490. The van der Waals surface area contributed by atoms with Gasteiger partial charge in [0.1, 0.15) is 0 Å². The van der Waals surface area contributed by atoms with E-state index in [4.69, 9.17) is 20.6 Å². The molecule has 0 aromatic rings. The number of carbonyl (C=O) groups is 1. The van der Waals surface area contributed by atoms with Crippen molar-refractivity contribution in [2.75, 3.05) is 5.75 Å². The van der Waals surface area contributed by atoms with Crippen LogP contribution in [0.15, 0.2) is 0 Å². The van der Waals surface area contributed by atoms with Gasteiger partial charge in [-0.1, -0.05) is 6.92 Å². The molecule has 0 aromatic heterocycles. The van der Waals surface area contributed by atoms with Gasteiger partial charge in [-0.15, -0.1) is 0 Å². The predicted molar refractivity (Wildman–Crippen MR) is 42.1 cm³/mol. The molecule has 68 valence electrons. The Morgan fingerprint density at radius 2 is 1.91 bits per heavy atom. The minimum Gasteiger partial charge on any atom is -0.465 e. The van der Waals surface area contributed by atoms with Crippen LogP contribution in [0.25, 0.3) is 0 Å². The number of hydrogen-bond acceptors (Lipinski definition) is 3. The molecule has 1 amide bonds. The first-order valence-corrected chi connectivity index (χ1v) is 5.18. The van der Waals surface area contributed by atoms with Crippen molar-refractivity contribution in [3.8, 4) is 0 Å². The molecule has 0 fully saturated rings. The largest absolute Gasteiger partial charge is 0.465 e. The summed E-state index contributed by atoms with van der Waals surface area (Å²) in [5.74, 6) is 0.0779. The van der Waals surface area contributed by atoms with Crippen LogP contribution in [0, 0.1) is 0 Å². The number of amides is 1. The van der Waals surface area contributed by atoms with Crippen LogP contribution >= 0.6 is 10.7 Å². The quantitative estimate of drug-likeness (QED) is 0.642. The van der Waals surface area contributed by atoms with Crippen LogP contribution in [0.4, 0.5) is 4.79 Å². The van der Waals surface area contributed by atoms with Gasteiger partial charge in [0.05, 0.1) is 5.75 Å². The van der Waals surface area contributed by atoms with E-state index >= 15 is 0 Å². The van der Waals surface area contributed by atoms with Crippen LogP contribution < -0.4 is 5.73 Å². The van der Waals surface area contributed by atoms with Crippen molar-refractivity contribution < 1.29 is 18.3 Å². The Labute approximate surface area is 69.6 Å². The molecule has 0 aromatic carbocycles. The Bertz CT molecular complexity index is 196. The van der Waals surface area contributed by atoms with Crippen molar-refractivity contribution in [3.05, 3.63) is 0 Å². The number of carboxylic acid groups (broad SMARTS) is 1. The zero-order valence-corrected chi connectivity index (χ0v) is 7.52. The van der Waals surface area contributed by atoms with Crippen LogP contribution in [0.5, 0.6) is 0 Å². The Kier molecular flexibility index (Phi) is 7.44. The smallest absolute Gasteiger partial charge is 0.402 e. The Morgan fingerprint density at radius 3 is 1.91 bits per heavy atom. The van der Waals surface area contributed by atoms with Gasteiger partial charge in [-0.3, -0.25) is 0 Å². The minimum absolute atomic E-state index is 0.0779. The van der Waals surface area contributed by atoms with Gasteiger partial charge < -0.3 is 10.8 Å². The van der Waals surface area contributed by atoms with Crippen molar-refractivity contribution in [3.63, 3.8) is 0 Å². The summed E-state index contributed by atoms with van der Waals surface area (Å²) in [6.45, 7) is 1.76. The highest BCUT2D eigenvalue weighted by Crippen LogP contribution is 1.96. The molecule has 0 heterocycles. The van der Waals surface area contributed by atoms with Crippen LogP contribution in [-0.2, 0) is 9.05 Å². The van der Waals surface area contributed by atoms with Crippen molar-refractivity contribution >= 4 is 25.8 Å². The molecular weight excluding hydrogens is 194 g/mol. The maximum Gasteiger partial charge on any atom is 0.402 e. The highest BCUT2D eigenvalue weighted by molar-refractivity contribution is 8.13. The van der Waals surface area contributed by atoms with E-state index in [9.17, 15) is 8.42 Å². The third-order valence-corrected chi connectivity index (χ3v) is 1.81. The summed E-state index contributed by atoms with van der Waals surface area (Å²) >= 11 is 0. The molecule has 11 heavy (non-hydrogen) atoms. The summed E-state index contributed by atoms with van der Waals surface area (Å²) < 4.78 is 20.0. The molecule has 0 radical (unpaired) electrons. The lowest BCUT2D eigenvalue weighted by Gasteiger charge is -1.84. The summed E-state index contributed by atoms with van der Waals surface area (Å²) in [6, 6.07) is 0. The topological polar surface area (TPSA) is 97.5 Å². The van der Waals surface area contributed by atoms with Crippen molar-refractivity contribution in [1.29, 1.82) is 0 Å². The number of primary amides is 1. The van der Waals surface area contributed by atoms with E-state index in [1.807, 2.05) is 0 Å². The average molecular weight is 204 g/mol. The summed E-state index contributed by atoms with van der Waals surface area (Å²) in [5.41, 5.74) is 4.03. The molecule has 0 bridgehead atoms. The van der Waals surface area contributed by atoms with Gasteiger partial charge >= 0.3 is 6.09 Å². The van der Waals surface area contributed by atoms with Crippen LogP contribution in [0.1, 0.15) is 13.3 Å². The second kappa shape index (κ2) is 6.23. The van der Waals surface area contributed by atoms with Crippen molar-refractivity contribution in [1.82, 2.24) is 0 Å². The average Bonchev–Trinajstić information content (AvgIpc) is 1.58. The van der Waals surface area contributed by atoms with Gasteiger partial charge in [-0.2, -0.15) is 0 Å². The number of halogens is 1. The highest BCUT2D eigenvalue weighted by atomic mass is 35.7. The second-order valence-electron chi connectivity index (χ2n) is 1.58. The van der Waals surface area contributed by atoms with Gasteiger partial charge in [0.2, 0.25) is 9.05 Å². The van der Waals surface area contributed by atoms with Gasteiger partial charge in [0.15, 0.2) is 0 Å². The minimum atomic E-state index is -3.20. The first kappa shape index (κ1) is 13.1. The molecule has 0 saturated carbocycles. The lowest BCUT2D eigenvalue weighted by Crippen LogP contribution is -2.03. The lowest BCUT2D eigenvalue weighted by molar-refractivity contribution is 0.205. The van der Waals surface area contributed by atoms with E-state index in [1.54, 1.807) is 6.92 Å². The number of hydrogen-bond donors (Lipinski definition) is 2. The van der Waals surface area contributed by atoms with Crippen molar-refractivity contribution in [2.24, 2.45) is 5.73 Å². The fraction of sp³-hybridized carbons (Fsp3) is 0.750. The lowest BCUT2D eigenvalue weighted by atomic mass is 10.6. The monoisotopic (exact) mass is 203 g/mol. The fourth-order valence-electron chi connectivity index (χ4n) is 0.244. The first-order valence-electron chi connectivity index (χ1n) is 2.70. The fourth-order valence-corrected chi connectivity index (χ4v) is 1.19. The molecule has 3 N–H and O–H groups in total. The van der Waals surface area contributed by atoms with E-state index in [1.165, 1.54) is 0 Å². The maximum atomic E-state index is 10.00. The first-order chi connectivity index (χ1) is 4.79. The molecular formula is C4H10ClNO4S. The standard InChI is InChI=1S/C3H7ClO2S.CH3NO2/c1-2-3-7(4,5)6;2-1(3)4/h2-3H2,1H3;2H2,(H,3,4). The SMILES string of the molecule is CCCS(=O)(=O)Cl.NC(=O)O. The van der Waals surface area contributed by atoms with Gasteiger partial charge in [0.25, 0.3) is 0 Å². The van der Waals surface area contributed by atoms with Crippen LogP contribution in [-0.4, -0.2) is 25.4 Å². The number of rotatable bonds is 2. The highest BCUT2D eigenvalue weighted by Gasteiger charge is 1.99. The zero-order chi connectivity index (χ0) is 9.49. The summed E-state index contributed by atoms with van der Waals surface area (Å²) in [6.07, 6.45) is -0.744. The van der Waals surface area contributed by atoms with E-state index < -0.39 is 15.1 Å². The van der Waals surface area contributed by atoms with Gasteiger partial charge in [0, 0.05) is 10.7 Å². The van der Waals surface area contributed by atoms with Crippen LogP contribution in [0.2, 0.25) is 0 Å². The van der Waals surface area contributed by atoms with E-state index in [-0.39, 0.29) is 5.75 Å². The summed E-state index contributed by atoms with van der Waals surface area (Å²) in [4.78, 5) is 8.78. The normalized spacial score (nSPS) is 9.64. The predicted octanol–water partition coefficient (Wildman–Crippen LogP) is 0.588. The maximum absolute atomic E-state index is 10.00. The van der Waals surface area contributed by atoms with E-state index in [0.717, 1.165) is 0 Å². The molecule has 0 spiro atoms. The number of nitrogens with two attached hydrogens (primary N) is 1. The third kappa shape index (κ3) is 43.5.